The van der Waals surface area contributed by atoms with Crippen molar-refractivity contribution in [3.05, 3.63) is 94.3 Å². The smallest absolute Gasteiger partial charge is 0.301 e. The van der Waals surface area contributed by atoms with E-state index in [1.54, 1.807) is 30.3 Å². The van der Waals surface area contributed by atoms with Crippen LogP contribution in [0.5, 0.6) is 11.5 Å². The number of nitrogens with zero attached hydrogens (tertiary/aromatic N) is 4. The zero-order valence-electron chi connectivity index (χ0n) is 24.4. The van der Waals surface area contributed by atoms with E-state index < -0.39 is 17.7 Å². The molecule has 1 amide bonds. The van der Waals surface area contributed by atoms with Gasteiger partial charge in [0.2, 0.25) is 5.13 Å². The Morgan fingerprint density at radius 1 is 1.07 bits per heavy atom. The van der Waals surface area contributed by atoms with Gasteiger partial charge in [-0.2, -0.15) is 0 Å². The number of carbonyl (C=O) groups is 2. The number of carbonyl (C=O) groups excluding carboxylic acids is 2. The third-order valence-corrected chi connectivity index (χ3v) is 9.32. The van der Waals surface area contributed by atoms with Gasteiger partial charge in [-0.25, -0.2) is 0 Å². The lowest BCUT2D eigenvalue weighted by Crippen LogP contribution is -2.29. The van der Waals surface area contributed by atoms with Crippen LogP contribution in [0.3, 0.4) is 0 Å². The molecule has 0 spiro atoms. The molecule has 12 heteroatoms. The zero-order valence-corrected chi connectivity index (χ0v) is 26.8. The second kappa shape index (κ2) is 14.2. The highest BCUT2D eigenvalue weighted by molar-refractivity contribution is 8.00. The lowest BCUT2D eigenvalue weighted by Gasteiger charge is -2.23. The summed E-state index contributed by atoms with van der Waals surface area (Å²) >= 11 is 8.92. The molecule has 1 aliphatic rings. The maximum atomic E-state index is 13.6. The molecule has 4 aromatic rings. The predicted molar refractivity (Wildman–Crippen MR) is 173 cm³/mol. The maximum Gasteiger partial charge on any atom is 0.301 e. The number of amides is 1. The van der Waals surface area contributed by atoms with Crippen molar-refractivity contribution in [3.63, 3.8) is 0 Å². The van der Waals surface area contributed by atoms with Crippen molar-refractivity contribution in [2.24, 2.45) is 5.92 Å². The molecule has 5 rings (SSSR count). The summed E-state index contributed by atoms with van der Waals surface area (Å²) < 4.78 is 12.5. The average Bonchev–Trinajstić information content (AvgIpc) is 3.59. The summed E-state index contributed by atoms with van der Waals surface area (Å²) in [5.41, 5.74) is 1.76. The fraction of sp³-hybridized carbons (Fsp3) is 0.281. The Labute approximate surface area is 268 Å². The topological polar surface area (TPSA) is 115 Å². The van der Waals surface area contributed by atoms with E-state index >= 15 is 0 Å². The van der Waals surface area contributed by atoms with Gasteiger partial charge in [0.1, 0.15) is 5.76 Å². The van der Waals surface area contributed by atoms with Crippen LogP contribution in [0.25, 0.3) is 5.76 Å². The fourth-order valence-electron chi connectivity index (χ4n) is 4.61. The van der Waals surface area contributed by atoms with Gasteiger partial charge in [-0.15, -0.1) is 10.2 Å². The van der Waals surface area contributed by atoms with Gasteiger partial charge in [0, 0.05) is 28.7 Å². The van der Waals surface area contributed by atoms with Crippen LogP contribution in [0.1, 0.15) is 49.9 Å². The Hall–Kier alpha value is -3.93. The number of anilines is 1. The molecule has 1 N–H and O–H groups in total. The molecule has 1 aliphatic heterocycles. The molecule has 0 aliphatic carbocycles. The van der Waals surface area contributed by atoms with E-state index in [1.165, 1.54) is 40.4 Å². The molecule has 1 fully saturated rings. The number of ketones is 1. The Morgan fingerprint density at radius 3 is 2.57 bits per heavy atom. The highest BCUT2D eigenvalue weighted by Gasteiger charge is 2.48. The fourth-order valence-corrected chi connectivity index (χ4v) is 6.76. The maximum absolute atomic E-state index is 13.6. The third kappa shape index (κ3) is 6.90. The quantitative estimate of drug-likeness (QED) is 0.0553. The largest absolute Gasteiger partial charge is 0.507 e. The van der Waals surface area contributed by atoms with E-state index in [-0.39, 0.29) is 16.5 Å². The minimum absolute atomic E-state index is 0.0717. The number of hydrogen-bond acceptors (Lipinski definition) is 10. The van der Waals surface area contributed by atoms with E-state index in [9.17, 15) is 14.7 Å². The Morgan fingerprint density at radius 2 is 1.84 bits per heavy atom. The Bertz CT molecular complexity index is 1680. The first-order valence-electron chi connectivity index (χ1n) is 14.1. The van der Waals surface area contributed by atoms with Crippen molar-refractivity contribution >= 4 is 57.3 Å². The number of halogens is 1. The van der Waals surface area contributed by atoms with E-state index in [0.29, 0.717) is 56.9 Å². The number of aromatic nitrogens is 3. The number of hydrogen-bond donors (Lipinski definition) is 1. The van der Waals surface area contributed by atoms with Gasteiger partial charge in [-0.3, -0.25) is 19.5 Å². The molecule has 9 nitrogen and oxygen atoms in total. The van der Waals surface area contributed by atoms with Gasteiger partial charge in [-0.1, -0.05) is 72.8 Å². The summed E-state index contributed by atoms with van der Waals surface area (Å²) in [6.45, 7) is 7.00. The SMILES string of the molecule is CCOc1cc(C2/C(=C(\O)c3ccncc3)C(=O)C(=O)N2c2nnc(SCc3ccccc3Cl)s2)ccc1OCCC(C)C. The number of Topliss-reactive ketones (excluding diaryl/α,β-unsaturated/α-hetero) is 1. The molecule has 1 atom stereocenters. The number of pyridine rings is 1. The second-order valence-electron chi connectivity index (χ2n) is 10.3. The second-order valence-corrected chi connectivity index (χ2v) is 12.9. The molecule has 44 heavy (non-hydrogen) atoms. The summed E-state index contributed by atoms with van der Waals surface area (Å²) in [5.74, 6) is 0.0746. The molecule has 0 bridgehead atoms. The van der Waals surface area contributed by atoms with Crippen LogP contribution in [0, 0.1) is 5.92 Å². The zero-order chi connectivity index (χ0) is 31.2. The molecular formula is C32H31ClN4O5S2. The molecule has 0 saturated carbocycles. The van der Waals surface area contributed by atoms with Crippen LogP contribution in [0.15, 0.2) is 76.9 Å². The number of ether oxygens (including phenoxy) is 2. The first kappa shape index (κ1) is 31.5. The molecule has 1 saturated heterocycles. The highest BCUT2D eigenvalue weighted by Crippen LogP contribution is 2.45. The summed E-state index contributed by atoms with van der Waals surface area (Å²) in [6, 6.07) is 15.0. The number of rotatable bonds is 12. The van der Waals surface area contributed by atoms with E-state index in [2.05, 4.69) is 29.0 Å². The molecule has 2 aromatic carbocycles. The minimum Gasteiger partial charge on any atom is -0.507 e. The van der Waals surface area contributed by atoms with Crippen LogP contribution < -0.4 is 14.4 Å². The van der Waals surface area contributed by atoms with Crippen LogP contribution >= 0.6 is 34.7 Å². The average molecular weight is 651 g/mol. The summed E-state index contributed by atoms with van der Waals surface area (Å²) in [6.07, 6.45) is 3.88. The van der Waals surface area contributed by atoms with Gasteiger partial charge < -0.3 is 14.6 Å². The van der Waals surface area contributed by atoms with E-state index in [1.807, 2.05) is 31.2 Å². The van der Waals surface area contributed by atoms with Crippen LogP contribution in [-0.4, -0.2) is 45.2 Å². The molecule has 1 unspecified atom stereocenters. The van der Waals surface area contributed by atoms with E-state index in [0.717, 1.165) is 12.0 Å². The van der Waals surface area contributed by atoms with Crippen molar-refractivity contribution in [2.45, 2.75) is 43.3 Å². The molecule has 228 valence electrons. The first-order valence-corrected chi connectivity index (χ1v) is 16.3. The standard InChI is InChI=1S/C32H31ClN4O5S2/c1-4-41-25-17-21(9-10-24(25)42-16-13-19(2)3)27-26(28(38)20-11-14-34-15-12-20)29(39)30(40)37(27)31-35-36-32(44-31)43-18-22-7-5-6-8-23(22)33/h5-12,14-15,17,19,27,38H,4,13,16,18H2,1-3H3/b28-26+. The van der Waals surface area contributed by atoms with Crippen molar-refractivity contribution in [3.8, 4) is 11.5 Å². The van der Waals surface area contributed by atoms with Gasteiger partial charge >= 0.3 is 5.91 Å². The van der Waals surface area contributed by atoms with Gasteiger partial charge in [0.05, 0.1) is 24.8 Å². The normalized spacial score (nSPS) is 16.1. The number of aliphatic hydroxyl groups excluding tert-OH is 1. The summed E-state index contributed by atoms with van der Waals surface area (Å²) in [5, 5.41) is 20.8. The highest BCUT2D eigenvalue weighted by atomic mass is 35.5. The first-order chi connectivity index (χ1) is 21.3. The molecule has 2 aromatic heterocycles. The molecule has 0 radical (unpaired) electrons. The number of thioether (sulfide) groups is 1. The van der Waals surface area contributed by atoms with Gasteiger partial charge in [-0.05, 0) is 60.7 Å². The Kier molecular flexibility index (Phi) is 10.2. The van der Waals surface area contributed by atoms with Gasteiger partial charge in [0.15, 0.2) is 15.8 Å². The van der Waals surface area contributed by atoms with Crippen molar-refractivity contribution in [1.29, 1.82) is 0 Å². The summed E-state index contributed by atoms with van der Waals surface area (Å²) in [4.78, 5) is 32.5. The number of benzene rings is 2. The van der Waals surface area contributed by atoms with E-state index in [4.69, 9.17) is 21.1 Å². The van der Waals surface area contributed by atoms with Crippen LogP contribution in [0.4, 0.5) is 5.13 Å². The van der Waals surface area contributed by atoms with Crippen LogP contribution in [-0.2, 0) is 15.3 Å². The lowest BCUT2D eigenvalue weighted by molar-refractivity contribution is -0.132. The van der Waals surface area contributed by atoms with Crippen molar-refractivity contribution in [1.82, 2.24) is 15.2 Å². The summed E-state index contributed by atoms with van der Waals surface area (Å²) in [7, 11) is 0. The molecule has 3 heterocycles. The van der Waals surface area contributed by atoms with Crippen molar-refractivity contribution in [2.75, 3.05) is 18.1 Å². The predicted octanol–water partition coefficient (Wildman–Crippen LogP) is 7.33. The van der Waals surface area contributed by atoms with Crippen molar-refractivity contribution < 1.29 is 24.2 Å². The third-order valence-electron chi connectivity index (χ3n) is 6.85. The van der Waals surface area contributed by atoms with Crippen LogP contribution in [0.2, 0.25) is 5.02 Å². The van der Waals surface area contributed by atoms with Gasteiger partial charge in [0.25, 0.3) is 5.78 Å². The number of aliphatic hydroxyl groups is 1. The molecular weight excluding hydrogens is 620 g/mol. The minimum atomic E-state index is -0.999. The Balaban J connectivity index is 1.55. The lowest BCUT2D eigenvalue weighted by atomic mass is 9.95. The monoisotopic (exact) mass is 650 g/mol.